The Morgan fingerprint density at radius 3 is 2.92 bits per heavy atom. The fourth-order valence-corrected chi connectivity index (χ4v) is 2.95. The molecule has 2 N–H and O–H groups in total. The lowest BCUT2D eigenvalue weighted by Crippen LogP contribution is -2.38. The first-order valence-electron chi connectivity index (χ1n) is 8.23. The first kappa shape index (κ1) is 16.4. The van der Waals surface area contributed by atoms with Gasteiger partial charge in [-0.25, -0.2) is 9.97 Å². The number of likely N-dealkylation sites (tertiary alicyclic amines) is 1. The zero-order valence-electron chi connectivity index (χ0n) is 13.9. The molecule has 2 aromatic rings. The minimum absolute atomic E-state index is 0.0753. The molecular formula is C17H23N5O2. The van der Waals surface area contributed by atoms with Crippen molar-refractivity contribution in [2.45, 2.75) is 19.4 Å². The fraction of sp³-hybridized carbons (Fsp3) is 0.471. The number of amides is 1. The van der Waals surface area contributed by atoms with E-state index in [1.54, 1.807) is 31.6 Å². The predicted molar refractivity (Wildman–Crippen MR) is 89.7 cm³/mol. The highest BCUT2D eigenvalue weighted by atomic mass is 16.5. The van der Waals surface area contributed by atoms with Gasteiger partial charge in [0.15, 0.2) is 0 Å². The van der Waals surface area contributed by atoms with Crippen molar-refractivity contribution in [1.29, 1.82) is 0 Å². The summed E-state index contributed by atoms with van der Waals surface area (Å²) in [6.07, 6.45) is 7.39. The number of methoxy groups -OCH3 is 1. The van der Waals surface area contributed by atoms with Crippen molar-refractivity contribution in [2.24, 2.45) is 5.92 Å². The summed E-state index contributed by atoms with van der Waals surface area (Å²) >= 11 is 0. The van der Waals surface area contributed by atoms with Crippen LogP contribution in [0.2, 0.25) is 0 Å². The van der Waals surface area contributed by atoms with Crippen LogP contribution in [0, 0.1) is 5.92 Å². The van der Waals surface area contributed by atoms with Crippen LogP contribution in [0.25, 0.3) is 0 Å². The molecule has 0 spiro atoms. The van der Waals surface area contributed by atoms with Gasteiger partial charge in [0.05, 0.1) is 13.7 Å². The second kappa shape index (κ2) is 7.92. The van der Waals surface area contributed by atoms with Crippen LogP contribution in [0.1, 0.15) is 29.0 Å². The van der Waals surface area contributed by atoms with Gasteiger partial charge >= 0.3 is 0 Å². The van der Waals surface area contributed by atoms with Crippen LogP contribution < -0.4 is 10.1 Å². The number of ether oxygens (including phenoxy) is 1. The third kappa shape index (κ3) is 4.32. The van der Waals surface area contributed by atoms with Crippen molar-refractivity contribution >= 4 is 5.91 Å². The maximum Gasteiger partial charge on any atom is 0.251 e. The molecule has 0 radical (unpaired) electrons. The number of nitrogens with zero attached hydrogens (tertiary/aromatic N) is 3. The average molecular weight is 329 g/mol. The van der Waals surface area contributed by atoms with Gasteiger partial charge in [0.25, 0.3) is 5.91 Å². The van der Waals surface area contributed by atoms with E-state index in [-0.39, 0.29) is 5.91 Å². The summed E-state index contributed by atoms with van der Waals surface area (Å²) in [7, 11) is 1.54. The van der Waals surface area contributed by atoms with E-state index in [1.165, 1.54) is 0 Å². The number of H-pyrrole nitrogens is 1. The van der Waals surface area contributed by atoms with Crippen LogP contribution in [0.5, 0.6) is 5.88 Å². The van der Waals surface area contributed by atoms with E-state index in [1.807, 2.05) is 6.20 Å². The second-order valence-electron chi connectivity index (χ2n) is 6.05. The van der Waals surface area contributed by atoms with Crippen molar-refractivity contribution in [3.63, 3.8) is 0 Å². The molecular weight excluding hydrogens is 306 g/mol. The number of aromatic nitrogens is 3. The highest BCUT2D eigenvalue weighted by Gasteiger charge is 2.20. The largest absolute Gasteiger partial charge is 0.481 e. The Balaban J connectivity index is 1.42. The number of aromatic amines is 1. The number of nitrogens with one attached hydrogen (secondary N) is 2. The van der Waals surface area contributed by atoms with Gasteiger partial charge in [0.1, 0.15) is 5.82 Å². The molecule has 7 nitrogen and oxygen atoms in total. The lowest BCUT2D eigenvalue weighted by Gasteiger charge is -2.31. The molecule has 1 aliphatic heterocycles. The van der Waals surface area contributed by atoms with Crippen LogP contribution in [0.4, 0.5) is 0 Å². The smallest absolute Gasteiger partial charge is 0.251 e. The number of hydrogen-bond donors (Lipinski definition) is 2. The SMILES string of the molecule is COc1cc(C(=O)NCC2CCN(Cc3ncc[nH]3)CC2)ccn1. The van der Waals surface area contributed by atoms with Crippen molar-refractivity contribution in [1.82, 2.24) is 25.2 Å². The molecule has 0 unspecified atom stereocenters. The quantitative estimate of drug-likeness (QED) is 0.838. The molecule has 3 rings (SSSR count). The first-order chi connectivity index (χ1) is 11.7. The molecule has 0 aromatic carbocycles. The number of carbonyl (C=O) groups is 1. The highest BCUT2D eigenvalue weighted by molar-refractivity contribution is 5.94. The summed E-state index contributed by atoms with van der Waals surface area (Å²) in [5.41, 5.74) is 0.581. The van der Waals surface area contributed by atoms with Gasteiger partial charge in [-0.2, -0.15) is 0 Å². The van der Waals surface area contributed by atoms with Crippen molar-refractivity contribution in [3.8, 4) is 5.88 Å². The summed E-state index contributed by atoms with van der Waals surface area (Å²) in [6.45, 7) is 3.63. The minimum Gasteiger partial charge on any atom is -0.481 e. The van der Waals surface area contributed by atoms with E-state index < -0.39 is 0 Å². The van der Waals surface area contributed by atoms with Crippen molar-refractivity contribution < 1.29 is 9.53 Å². The van der Waals surface area contributed by atoms with E-state index in [4.69, 9.17) is 4.74 Å². The molecule has 1 aliphatic rings. The fourth-order valence-electron chi connectivity index (χ4n) is 2.95. The lowest BCUT2D eigenvalue weighted by atomic mass is 9.96. The van der Waals surface area contributed by atoms with E-state index in [0.717, 1.165) is 38.3 Å². The summed E-state index contributed by atoms with van der Waals surface area (Å²) in [6, 6.07) is 3.35. The summed E-state index contributed by atoms with van der Waals surface area (Å²) < 4.78 is 5.05. The Morgan fingerprint density at radius 1 is 1.38 bits per heavy atom. The normalized spacial score (nSPS) is 16.0. The van der Waals surface area contributed by atoms with Crippen molar-refractivity contribution in [3.05, 3.63) is 42.1 Å². The Morgan fingerprint density at radius 2 is 2.21 bits per heavy atom. The van der Waals surface area contributed by atoms with E-state index in [9.17, 15) is 4.79 Å². The van der Waals surface area contributed by atoms with Crippen molar-refractivity contribution in [2.75, 3.05) is 26.7 Å². The monoisotopic (exact) mass is 329 g/mol. The second-order valence-corrected chi connectivity index (χ2v) is 6.05. The van der Waals surface area contributed by atoms with Crippen LogP contribution in [0.15, 0.2) is 30.7 Å². The van der Waals surface area contributed by atoms with Crippen LogP contribution in [0.3, 0.4) is 0 Å². The third-order valence-corrected chi connectivity index (χ3v) is 4.39. The molecule has 0 atom stereocenters. The molecule has 7 heteroatoms. The molecule has 1 fully saturated rings. The molecule has 24 heavy (non-hydrogen) atoms. The number of carbonyl (C=O) groups excluding carboxylic acids is 1. The molecule has 0 aliphatic carbocycles. The molecule has 2 aromatic heterocycles. The number of piperidine rings is 1. The molecule has 3 heterocycles. The molecule has 1 saturated heterocycles. The summed E-state index contributed by atoms with van der Waals surface area (Å²) in [5, 5.41) is 3.02. The molecule has 1 amide bonds. The van der Waals surface area contributed by atoms with E-state index in [2.05, 4.69) is 25.2 Å². The van der Waals surface area contributed by atoms with Gasteiger partial charge in [-0.15, -0.1) is 0 Å². The zero-order chi connectivity index (χ0) is 16.8. The predicted octanol–water partition coefficient (Wildman–Crippen LogP) is 1.46. The molecule has 0 bridgehead atoms. The average Bonchev–Trinajstić information content (AvgIpc) is 3.14. The number of hydrogen-bond acceptors (Lipinski definition) is 5. The number of imidazole rings is 1. The summed E-state index contributed by atoms with van der Waals surface area (Å²) in [4.78, 5) is 26.0. The maximum absolute atomic E-state index is 12.2. The Labute approximate surface area is 141 Å². The Bertz CT molecular complexity index is 651. The van der Waals surface area contributed by atoms with Gasteiger partial charge in [0.2, 0.25) is 5.88 Å². The van der Waals surface area contributed by atoms with E-state index >= 15 is 0 Å². The number of pyridine rings is 1. The van der Waals surface area contributed by atoms with Gasteiger partial charge in [-0.05, 0) is 37.9 Å². The maximum atomic E-state index is 12.2. The molecule has 0 saturated carbocycles. The Hall–Kier alpha value is -2.41. The summed E-state index contributed by atoms with van der Waals surface area (Å²) in [5.74, 6) is 1.90. The third-order valence-electron chi connectivity index (χ3n) is 4.39. The van der Waals surface area contributed by atoms with E-state index in [0.29, 0.717) is 23.9 Å². The van der Waals surface area contributed by atoms with Crippen LogP contribution >= 0.6 is 0 Å². The first-order valence-corrected chi connectivity index (χ1v) is 8.23. The standard InChI is InChI=1S/C17H23N5O2/c1-24-16-10-14(2-5-20-16)17(23)21-11-13-3-8-22(9-4-13)12-15-18-6-7-19-15/h2,5-7,10,13H,3-4,8-9,11-12H2,1H3,(H,18,19)(H,21,23). The van der Waals surface area contributed by atoms with Gasteiger partial charge < -0.3 is 15.0 Å². The van der Waals surface area contributed by atoms with Gasteiger partial charge in [-0.3, -0.25) is 9.69 Å². The Kier molecular flexibility index (Phi) is 5.43. The van der Waals surface area contributed by atoms with Crippen LogP contribution in [-0.2, 0) is 6.54 Å². The topological polar surface area (TPSA) is 83.1 Å². The van der Waals surface area contributed by atoms with Crippen LogP contribution in [-0.4, -0.2) is 52.5 Å². The molecule has 128 valence electrons. The van der Waals surface area contributed by atoms with Gasteiger partial charge in [-0.1, -0.05) is 0 Å². The highest BCUT2D eigenvalue weighted by Crippen LogP contribution is 2.18. The van der Waals surface area contributed by atoms with Gasteiger partial charge in [0, 0.05) is 36.8 Å². The number of rotatable bonds is 6. The lowest BCUT2D eigenvalue weighted by molar-refractivity contribution is 0.0934. The zero-order valence-corrected chi connectivity index (χ0v) is 13.9. The minimum atomic E-state index is -0.0753.